The van der Waals surface area contributed by atoms with Crippen molar-refractivity contribution in [1.29, 1.82) is 0 Å². The van der Waals surface area contributed by atoms with Gasteiger partial charge in [-0.05, 0) is 18.2 Å². The number of halogens is 1. The number of anilines is 3. The van der Waals surface area contributed by atoms with Gasteiger partial charge in [-0.15, -0.1) is 0 Å². The number of pyridine rings is 1. The van der Waals surface area contributed by atoms with Gasteiger partial charge in [0.05, 0.1) is 10.6 Å². The maximum absolute atomic E-state index is 11.9. The SMILES string of the molecule is CN1Cc2c(Nc3ccccc3S(C)(=O)=O)cc(Cl)nc2N1. The van der Waals surface area contributed by atoms with Gasteiger partial charge in [0.2, 0.25) is 0 Å². The summed E-state index contributed by atoms with van der Waals surface area (Å²) >= 11 is 6.04. The van der Waals surface area contributed by atoms with Gasteiger partial charge in [-0.2, -0.15) is 0 Å². The Balaban J connectivity index is 2.06. The van der Waals surface area contributed by atoms with Crippen LogP contribution >= 0.6 is 11.6 Å². The molecule has 1 aromatic carbocycles. The number of sulfone groups is 1. The van der Waals surface area contributed by atoms with Gasteiger partial charge in [0.1, 0.15) is 11.0 Å². The maximum atomic E-state index is 11.9. The molecule has 0 atom stereocenters. The van der Waals surface area contributed by atoms with Gasteiger partial charge in [-0.3, -0.25) is 0 Å². The number of fused-ring (bicyclic) bond motifs is 1. The Morgan fingerprint density at radius 2 is 2.05 bits per heavy atom. The minimum Gasteiger partial charge on any atom is -0.354 e. The fraction of sp³-hybridized carbons (Fsp3) is 0.214. The molecular weight excluding hydrogens is 324 g/mol. The van der Waals surface area contributed by atoms with E-state index in [1.54, 1.807) is 30.3 Å². The predicted octanol–water partition coefficient (Wildman–Crippen LogP) is 2.65. The molecule has 22 heavy (non-hydrogen) atoms. The monoisotopic (exact) mass is 338 g/mol. The largest absolute Gasteiger partial charge is 0.354 e. The Morgan fingerprint density at radius 3 is 2.77 bits per heavy atom. The molecule has 0 aliphatic carbocycles. The van der Waals surface area contributed by atoms with Crippen molar-refractivity contribution in [2.24, 2.45) is 0 Å². The number of nitrogens with one attached hydrogen (secondary N) is 2. The van der Waals surface area contributed by atoms with Gasteiger partial charge >= 0.3 is 0 Å². The fourth-order valence-corrected chi connectivity index (χ4v) is 3.44. The summed E-state index contributed by atoms with van der Waals surface area (Å²) in [7, 11) is -1.43. The summed E-state index contributed by atoms with van der Waals surface area (Å²) in [6, 6.07) is 8.47. The summed E-state index contributed by atoms with van der Waals surface area (Å²) in [6.45, 7) is 0.642. The smallest absolute Gasteiger partial charge is 0.177 e. The van der Waals surface area contributed by atoms with Crippen molar-refractivity contribution >= 4 is 38.6 Å². The highest BCUT2D eigenvalue weighted by atomic mass is 35.5. The first-order valence-electron chi connectivity index (χ1n) is 6.58. The molecule has 1 aliphatic heterocycles. The normalized spacial score (nSPS) is 14.5. The minimum atomic E-state index is -3.33. The van der Waals surface area contributed by atoms with E-state index in [-0.39, 0.29) is 4.90 Å². The Morgan fingerprint density at radius 1 is 1.32 bits per heavy atom. The molecule has 0 radical (unpaired) electrons. The van der Waals surface area contributed by atoms with Crippen molar-refractivity contribution in [3.63, 3.8) is 0 Å². The average Bonchev–Trinajstić information content (AvgIpc) is 2.78. The molecule has 8 heteroatoms. The molecule has 0 saturated carbocycles. The zero-order chi connectivity index (χ0) is 15.9. The molecule has 2 aromatic rings. The Kier molecular flexibility index (Phi) is 3.72. The van der Waals surface area contributed by atoms with Crippen LogP contribution in [0, 0.1) is 0 Å². The van der Waals surface area contributed by atoms with Crippen LogP contribution in [-0.2, 0) is 16.4 Å². The molecule has 116 valence electrons. The molecule has 0 fully saturated rings. The summed E-state index contributed by atoms with van der Waals surface area (Å²) in [6.07, 6.45) is 1.19. The first-order valence-corrected chi connectivity index (χ1v) is 8.85. The van der Waals surface area contributed by atoms with E-state index in [1.807, 2.05) is 12.1 Å². The van der Waals surface area contributed by atoms with E-state index in [0.717, 1.165) is 11.3 Å². The number of aromatic nitrogens is 1. The van der Waals surface area contributed by atoms with Crippen LogP contribution in [0.3, 0.4) is 0 Å². The molecule has 0 unspecified atom stereocenters. The second kappa shape index (κ2) is 5.42. The van der Waals surface area contributed by atoms with Crippen LogP contribution in [0.5, 0.6) is 0 Å². The Bertz CT molecular complexity index is 839. The molecule has 3 rings (SSSR count). The van der Waals surface area contributed by atoms with Gasteiger partial charge in [0.15, 0.2) is 9.84 Å². The quantitative estimate of drug-likeness (QED) is 0.838. The third-order valence-corrected chi connectivity index (χ3v) is 4.69. The van der Waals surface area contributed by atoms with E-state index in [9.17, 15) is 8.42 Å². The van der Waals surface area contributed by atoms with Crippen LogP contribution in [0.4, 0.5) is 17.2 Å². The van der Waals surface area contributed by atoms with Crippen LogP contribution in [0.2, 0.25) is 5.15 Å². The van der Waals surface area contributed by atoms with Gasteiger partial charge < -0.3 is 10.7 Å². The number of nitrogens with zero attached hydrogens (tertiary/aromatic N) is 2. The van der Waals surface area contributed by atoms with Gasteiger partial charge in [-0.1, -0.05) is 23.7 Å². The number of para-hydroxylation sites is 1. The molecule has 1 aliphatic rings. The number of rotatable bonds is 3. The lowest BCUT2D eigenvalue weighted by Gasteiger charge is -2.13. The molecule has 6 nitrogen and oxygen atoms in total. The molecular formula is C14H15ClN4O2S. The zero-order valence-electron chi connectivity index (χ0n) is 12.1. The van der Waals surface area contributed by atoms with E-state index in [0.29, 0.717) is 23.2 Å². The van der Waals surface area contributed by atoms with Crippen molar-refractivity contribution in [3.05, 3.63) is 41.0 Å². The molecule has 0 amide bonds. The molecule has 2 heterocycles. The topological polar surface area (TPSA) is 74.3 Å². The summed E-state index contributed by atoms with van der Waals surface area (Å²) in [5.74, 6) is 0.675. The summed E-state index contributed by atoms with van der Waals surface area (Å²) in [5.41, 5.74) is 5.29. The molecule has 0 bridgehead atoms. The third-order valence-electron chi connectivity index (χ3n) is 3.34. The van der Waals surface area contributed by atoms with Crippen LogP contribution in [-0.4, -0.2) is 31.7 Å². The summed E-state index contributed by atoms with van der Waals surface area (Å²) in [5, 5.41) is 5.38. The number of hydrogen-bond acceptors (Lipinski definition) is 6. The van der Waals surface area contributed by atoms with Crippen molar-refractivity contribution in [3.8, 4) is 0 Å². The second-order valence-corrected chi connectivity index (χ2v) is 7.55. The number of hydrazine groups is 1. The number of hydrogen-bond donors (Lipinski definition) is 2. The van der Waals surface area contributed by atoms with Crippen LogP contribution in [0.25, 0.3) is 0 Å². The van der Waals surface area contributed by atoms with Gasteiger partial charge in [0.25, 0.3) is 0 Å². The lowest BCUT2D eigenvalue weighted by Crippen LogP contribution is -2.17. The second-order valence-electron chi connectivity index (χ2n) is 5.18. The van der Waals surface area contributed by atoms with E-state index in [2.05, 4.69) is 15.7 Å². The van der Waals surface area contributed by atoms with Crippen molar-refractivity contribution in [1.82, 2.24) is 9.99 Å². The van der Waals surface area contributed by atoms with Crippen molar-refractivity contribution < 1.29 is 8.42 Å². The van der Waals surface area contributed by atoms with Crippen LogP contribution in [0.1, 0.15) is 5.56 Å². The summed E-state index contributed by atoms with van der Waals surface area (Å²) < 4.78 is 23.8. The van der Waals surface area contributed by atoms with E-state index >= 15 is 0 Å². The molecule has 0 spiro atoms. The summed E-state index contributed by atoms with van der Waals surface area (Å²) in [4.78, 5) is 4.48. The minimum absolute atomic E-state index is 0.246. The van der Waals surface area contributed by atoms with Crippen molar-refractivity contribution in [2.75, 3.05) is 24.0 Å². The molecule has 1 aromatic heterocycles. The van der Waals surface area contributed by atoms with Crippen LogP contribution in [0.15, 0.2) is 35.2 Å². The zero-order valence-corrected chi connectivity index (χ0v) is 13.7. The Labute approximate surface area is 134 Å². The van der Waals surface area contributed by atoms with Crippen molar-refractivity contribution in [2.45, 2.75) is 11.4 Å². The average molecular weight is 339 g/mol. The first-order chi connectivity index (χ1) is 10.3. The van der Waals surface area contributed by atoms with Crippen LogP contribution < -0.4 is 10.7 Å². The van der Waals surface area contributed by atoms with E-state index in [1.165, 1.54) is 6.26 Å². The van der Waals surface area contributed by atoms with E-state index in [4.69, 9.17) is 11.6 Å². The third kappa shape index (κ3) is 2.87. The molecule has 0 saturated heterocycles. The lowest BCUT2D eigenvalue weighted by atomic mass is 10.2. The number of benzene rings is 1. The van der Waals surface area contributed by atoms with Gasteiger partial charge in [0, 0.05) is 31.1 Å². The van der Waals surface area contributed by atoms with E-state index < -0.39 is 9.84 Å². The van der Waals surface area contributed by atoms with Gasteiger partial charge in [-0.25, -0.2) is 18.4 Å². The Hall–Kier alpha value is -1.83. The highest BCUT2D eigenvalue weighted by molar-refractivity contribution is 7.90. The maximum Gasteiger partial charge on any atom is 0.177 e. The lowest BCUT2D eigenvalue weighted by molar-refractivity contribution is 0.422. The highest BCUT2D eigenvalue weighted by Crippen LogP contribution is 2.34. The first kappa shape index (κ1) is 15.1. The standard InChI is InChI=1S/C14H15ClN4O2S/c1-19-8-9-11(7-13(15)17-14(9)18-19)16-10-5-3-4-6-12(10)22(2,20)21/h3-7H,8H2,1-2H3,(H2,16,17,18). The fourth-order valence-electron chi connectivity index (χ4n) is 2.40. The molecule has 2 N–H and O–H groups in total. The predicted molar refractivity (Wildman–Crippen MR) is 87.2 cm³/mol. The highest BCUT2D eigenvalue weighted by Gasteiger charge is 2.22.